The smallest absolute Gasteiger partial charge is 0.334 e. The van der Waals surface area contributed by atoms with E-state index in [2.05, 4.69) is 18.9 Å². The summed E-state index contributed by atoms with van der Waals surface area (Å²) < 4.78 is 18.3. The molecule has 0 fully saturated rings. The van der Waals surface area contributed by atoms with Crippen molar-refractivity contribution in [1.82, 2.24) is 0 Å². The summed E-state index contributed by atoms with van der Waals surface area (Å²) in [6.07, 6.45) is -0.884. The van der Waals surface area contributed by atoms with Crippen molar-refractivity contribution in [3.8, 4) is 0 Å². The highest BCUT2D eigenvalue weighted by Crippen LogP contribution is 1.90. The Bertz CT molecular complexity index is 216. The topological polar surface area (TPSA) is 71.1 Å². The first-order valence-electron chi connectivity index (χ1n) is 5.24. The molecule has 0 radical (unpaired) electrons. The van der Waals surface area contributed by atoms with Gasteiger partial charge < -0.3 is 18.9 Å². The zero-order chi connectivity index (χ0) is 13.8. The van der Waals surface area contributed by atoms with Crippen LogP contribution in [0.1, 0.15) is 20.8 Å². The number of hydrogen-bond donors (Lipinski definition) is 0. The number of methoxy groups -OCH3 is 3. The summed E-state index contributed by atoms with van der Waals surface area (Å²) in [5, 5.41) is 0. The fraction of sp³-hybridized carbons (Fsp3) is 0.818. The molecule has 6 heteroatoms. The largest absolute Gasteiger partial charge is 0.467 e. The van der Waals surface area contributed by atoms with Crippen LogP contribution in [0.3, 0.4) is 0 Å². The van der Waals surface area contributed by atoms with Gasteiger partial charge in [0.15, 0.2) is 12.2 Å². The van der Waals surface area contributed by atoms with Crippen LogP contribution in [0.5, 0.6) is 0 Å². The summed E-state index contributed by atoms with van der Waals surface area (Å²) in [6, 6.07) is 0. The van der Waals surface area contributed by atoms with Crippen LogP contribution in [0, 0.1) is 0 Å². The molecule has 0 aliphatic rings. The number of carbonyl (C=O) groups is 2. The summed E-state index contributed by atoms with van der Waals surface area (Å²) in [5.41, 5.74) is 0. The monoisotopic (exact) mass is 250 g/mol. The van der Waals surface area contributed by atoms with Gasteiger partial charge in [-0.1, -0.05) is 0 Å². The number of ether oxygens (including phenoxy) is 4. The van der Waals surface area contributed by atoms with Crippen molar-refractivity contribution in [2.24, 2.45) is 0 Å². The van der Waals surface area contributed by atoms with Crippen molar-refractivity contribution in [2.75, 3.05) is 27.9 Å². The van der Waals surface area contributed by atoms with Gasteiger partial charge in [-0.2, -0.15) is 0 Å². The molecule has 0 spiro atoms. The zero-order valence-electron chi connectivity index (χ0n) is 11.3. The van der Waals surface area contributed by atoms with Crippen LogP contribution in [0.4, 0.5) is 0 Å². The van der Waals surface area contributed by atoms with E-state index in [4.69, 9.17) is 0 Å². The second-order valence-electron chi connectivity index (χ2n) is 3.03. The SMILES string of the molecule is CCOC(=O)C(C)OC.COC(=O)C(C)OC. The standard InChI is InChI=1S/C6H12O3.C5H10O3/c1-4-9-6(7)5(2)8-3;1-4(7-2)5(6)8-3/h5H,4H2,1-3H3;4H,1-3H3. The lowest BCUT2D eigenvalue weighted by atomic mass is 10.4. The predicted molar refractivity (Wildman–Crippen MR) is 61.6 cm³/mol. The maximum absolute atomic E-state index is 10.6. The summed E-state index contributed by atoms with van der Waals surface area (Å²) in [7, 11) is 4.26. The Hall–Kier alpha value is -1.14. The molecule has 2 unspecified atom stereocenters. The van der Waals surface area contributed by atoms with Crippen molar-refractivity contribution in [3.63, 3.8) is 0 Å². The minimum absolute atomic E-state index is 0.306. The Morgan fingerprint density at radius 3 is 1.59 bits per heavy atom. The maximum atomic E-state index is 10.6. The second-order valence-corrected chi connectivity index (χ2v) is 3.03. The van der Waals surface area contributed by atoms with E-state index >= 15 is 0 Å². The lowest BCUT2D eigenvalue weighted by molar-refractivity contribution is -0.153. The molecular weight excluding hydrogens is 228 g/mol. The average molecular weight is 250 g/mol. The van der Waals surface area contributed by atoms with E-state index < -0.39 is 12.2 Å². The summed E-state index contributed by atoms with van der Waals surface area (Å²) in [5.74, 6) is -0.646. The molecule has 102 valence electrons. The number of esters is 2. The van der Waals surface area contributed by atoms with Crippen molar-refractivity contribution < 1.29 is 28.5 Å². The molecule has 0 heterocycles. The van der Waals surface area contributed by atoms with E-state index in [1.807, 2.05) is 0 Å². The Morgan fingerprint density at radius 2 is 1.35 bits per heavy atom. The van der Waals surface area contributed by atoms with E-state index in [1.54, 1.807) is 20.8 Å². The van der Waals surface area contributed by atoms with Gasteiger partial charge in [0.05, 0.1) is 13.7 Å². The van der Waals surface area contributed by atoms with Gasteiger partial charge in [0.25, 0.3) is 0 Å². The molecule has 0 N–H and O–H groups in total. The quantitative estimate of drug-likeness (QED) is 0.671. The fourth-order valence-electron chi connectivity index (χ4n) is 0.618. The van der Waals surface area contributed by atoms with Crippen molar-refractivity contribution in [1.29, 1.82) is 0 Å². The predicted octanol–water partition coefficient (Wildman–Crippen LogP) is 0.779. The highest BCUT2D eigenvalue weighted by atomic mass is 16.6. The zero-order valence-corrected chi connectivity index (χ0v) is 11.3. The molecule has 0 aromatic heterocycles. The van der Waals surface area contributed by atoms with Crippen LogP contribution in [0.25, 0.3) is 0 Å². The third-order valence-corrected chi connectivity index (χ3v) is 1.86. The highest BCUT2D eigenvalue weighted by molar-refractivity contribution is 5.74. The fourth-order valence-corrected chi connectivity index (χ4v) is 0.618. The van der Waals surface area contributed by atoms with Gasteiger partial charge in [0, 0.05) is 14.2 Å². The van der Waals surface area contributed by atoms with Gasteiger partial charge >= 0.3 is 11.9 Å². The summed E-state index contributed by atoms with van der Waals surface area (Å²) in [6.45, 7) is 5.46. The summed E-state index contributed by atoms with van der Waals surface area (Å²) in [4.78, 5) is 21.0. The normalized spacial score (nSPS) is 12.8. The molecule has 0 aromatic rings. The third kappa shape index (κ3) is 9.77. The van der Waals surface area contributed by atoms with E-state index in [0.717, 1.165) is 0 Å². The molecule has 0 saturated carbocycles. The lowest BCUT2D eigenvalue weighted by Gasteiger charge is -2.06. The Balaban J connectivity index is 0. The Kier molecular flexibility index (Phi) is 12.2. The van der Waals surface area contributed by atoms with E-state index in [9.17, 15) is 9.59 Å². The van der Waals surface area contributed by atoms with E-state index in [1.165, 1.54) is 21.3 Å². The minimum Gasteiger partial charge on any atom is -0.467 e. The van der Waals surface area contributed by atoms with Crippen LogP contribution in [-0.2, 0) is 28.5 Å². The van der Waals surface area contributed by atoms with Crippen molar-refractivity contribution in [3.05, 3.63) is 0 Å². The van der Waals surface area contributed by atoms with E-state index in [0.29, 0.717) is 6.61 Å². The molecule has 6 nitrogen and oxygen atoms in total. The van der Waals surface area contributed by atoms with Gasteiger partial charge in [-0.25, -0.2) is 9.59 Å². The summed E-state index contributed by atoms with van der Waals surface area (Å²) >= 11 is 0. The third-order valence-electron chi connectivity index (χ3n) is 1.86. The molecule has 0 amide bonds. The van der Waals surface area contributed by atoms with Crippen LogP contribution in [0.15, 0.2) is 0 Å². The number of rotatable bonds is 5. The van der Waals surface area contributed by atoms with Crippen LogP contribution in [-0.4, -0.2) is 52.1 Å². The van der Waals surface area contributed by atoms with Gasteiger partial charge in [-0.3, -0.25) is 0 Å². The molecule has 0 aromatic carbocycles. The van der Waals surface area contributed by atoms with Crippen LogP contribution >= 0.6 is 0 Å². The van der Waals surface area contributed by atoms with E-state index in [-0.39, 0.29) is 11.9 Å². The molecule has 0 aliphatic carbocycles. The Labute approximate surface area is 102 Å². The van der Waals surface area contributed by atoms with Gasteiger partial charge in [-0.05, 0) is 20.8 Å². The van der Waals surface area contributed by atoms with Crippen molar-refractivity contribution in [2.45, 2.75) is 33.0 Å². The van der Waals surface area contributed by atoms with Gasteiger partial charge in [0.1, 0.15) is 0 Å². The molecule has 0 aliphatic heterocycles. The van der Waals surface area contributed by atoms with Crippen LogP contribution < -0.4 is 0 Å². The molecule has 2 atom stereocenters. The second kappa shape index (κ2) is 11.3. The molecule has 0 bridgehead atoms. The Morgan fingerprint density at radius 1 is 0.941 bits per heavy atom. The highest BCUT2D eigenvalue weighted by Gasteiger charge is 2.10. The maximum Gasteiger partial charge on any atom is 0.334 e. The average Bonchev–Trinajstić information content (AvgIpc) is 2.36. The first kappa shape index (κ1) is 18.2. The molecule has 0 rings (SSSR count). The number of carbonyl (C=O) groups excluding carboxylic acids is 2. The molecular formula is C11H22O6. The van der Waals surface area contributed by atoms with Crippen LogP contribution in [0.2, 0.25) is 0 Å². The van der Waals surface area contributed by atoms with Crippen molar-refractivity contribution >= 4 is 11.9 Å². The first-order chi connectivity index (χ1) is 7.94. The molecule has 17 heavy (non-hydrogen) atoms. The molecule has 0 saturated heterocycles. The lowest BCUT2D eigenvalue weighted by Crippen LogP contribution is -2.21. The van der Waals surface area contributed by atoms with Gasteiger partial charge in [-0.15, -0.1) is 0 Å². The first-order valence-corrected chi connectivity index (χ1v) is 5.24. The number of hydrogen-bond acceptors (Lipinski definition) is 6. The van der Waals surface area contributed by atoms with Gasteiger partial charge in [0.2, 0.25) is 0 Å². The minimum atomic E-state index is -0.444.